The molecule has 1 nitrogen and oxygen atoms in total. The van der Waals surface area contributed by atoms with Gasteiger partial charge in [-0.2, -0.15) is 0 Å². The minimum absolute atomic E-state index is 0. The normalized spacial score (nSPS) is 16.8. The van der Waals surface area contributed by atoms with Crippen molar-refractivity contribution >= 4 is 12.4 Å². The van der Waals surface area contributed by atoms with Crippen molar-refractivity contribution in [3.8, 4) is 0 Å². The van der Waals surface area contributed by atoms with Crippen LogP contribution < -0.4 is 5.73 Å². The SMILES string of the molecule is Cc1ccc(F)c([C@@H](N)CC2CC2)c1F.Cl. The average Bonchev–Trinajstić information content (AvgIpc) is 2.96. The second-order valence-corrected chi connectivity index (χ2v) is 4.38. The molecule has 1 atom stereocenters. The third-order valence-electron chi connectivity index (χ3n) is 2.97. The van der Waals surface area contributed by atoms with E-state index in [0.29, 0.717) is 17.9 Å². The predicted octanol–water partition coefficient (Wildman–Crippen LogP) is 3.49. The Bertz CT molecular complexity index is 378. The number of nitrogens with two attached hydrogens (primary N) is 1. The predicted molar refractivity (Wildman–Crippen MR) is 62.6 cm³/mol. The van der Waals surface area contributed by atoms with Gasteiger partial charge in [-0.05, 0) is 30.9 Å². The molecule has 0 aromatic heterocycles. The molecule has 0 spiro atoms. The summed E-state index contributed by atoms with van der Waals surface area (Å²) in [6.07, 6.45) is 2.98. The quantitative estimate of drug-likeness (QED) is 0.869. The first kappa shape index (κ1) is 13.4. The van der Waals surface area contributed by atoms with Gasteiger partial charge in [-0.1, -0.05) is 18.9 Å². The molecule has 0 amide bonds. The molecule has 4 heteroatoms. The second-order valence-electron chi connectivity index (χ2n) is 4.38. The lowest BCUT2D eigenvalue weighted by molar-refractivity contribution is 0.495. The molecule has 1 fully saturated rings. The van der Waals surface area contributed by atoms with Gasteiger partial charge in [0.15, 0.2) is 0 Å². The van der Waals surface area contributed by atoms with Gasteiger partial charge in [-0.3, -0.25) is 0 Å². The van der Waals surface area contributed by atoms with Crippen LogP contribution in [0.2, 0.25) is 0 Å². The molecule has 2 N–H and O–H groups in total. The summed E-state index contributed by atoms with van der Waals surface area (Å²) in [4.78, 5) is 0. The maximum absolute atomic E-state index is 13.7. The zero-order chi connectivity index (χ0) is 11.0. The van der Waals surface area contributed by atoms with Crippen LogP contribution in [0.5, 0.6) is 0 Å². The molecular weight excluding hydrogens is 232 g/mol. The number of benzene rings is 1. The Balaban J connectivity index is 0.00000128. The van der Waals surface area contributed by atoms with Crippen molar-refractivity contribution in [2.24, 2.45) is 11.7 Å². The molecule has 2 rings (SSSR count). The lowest BCUT2D eigenvalue weighted by atomic mass is 9.99. The number of halogens is 3. The van der Waals surface area contributed by atoms with Crippen LogP contribution in [-0.4, -0.2) is 0 Å². The van der Waals surface area contributed by atoms with Gasteiger partial charge in [0.1, 0.15) is 11.6 Å². The summed E-state index contributed by atoms with van der Waals surface area (Å²) in [6, 6.07) is 2.23. The number of aryl methyl sites for hydroxylation is 1. The molecule has 1 aliphatic carbocycles. The lowest BCUT2D eigenvalue weighted by Gasteiger charge is -2.14. The van der Waals surface area contributed by atoms with Crippen molar-refractivity contribution in [1.82, 2.24) is 0 Å². The third kappa shape index (κ3) is 2.71. The first-order chi connectivity index (χ1) is 7.09. The topological polar surface area (TPSA) is 26.0 Å². The standard InChI is InChI=1S/C12H15F2N.ClH/c1-7-2-5-9(13)11(12(7)14)10(15)6-8-3-4-8;/h2,5,8,10H,3-4,6,15H2,1H3;1H/t10-;/m0./s1. The highest BCUT2D eigenvalue weighted by atomic mass is 35.5. The summed E-state index contributed by atoms with van der Waals surface area (Å²) >= 11 is 0. The van der Waals surface area contributed by atoms with Crippen LogP contribution in [0.4, 0.5) is 8.78 Å². The molecule has 0 radical (unpaired) electrons. The Labute approximate surface area is 100 Å². The fourth-order valence-electron chi connectivity index (χ4n) is 1.85. The fraction of sp³-hybridized carbons (Fsp3) is 0.500. The summed E-state index contributed by atoms with van der Waals surface area (Å²) < 4.78 is 27.1. The number of rotatable bonds is 3. The van der Waals surface area contributed by atoms with Crippen LogP contribution in [0, 0.1) is 24.5 Å². The fourth-order valence-corrected chi connectivity index (χ4v) is 1.85. The highest BCUT2D eigenvalue weighted by Crippen LogP contribution is 2.37. The van der Waals surface area contributed by atoms with E-state index in [4.69, 9.17) is 5.73 Å². The molecule has 1 aliphatic rings. The second kappa shape index (κ2) is 5.11. The van der Waals surface area contributed by atoms with E-state index >= 15 is 0 Å². The monoisotopic (exact) mass is 247 g/mol. The van der Waals surface area contributed by atoms with Crippen LogP contribution in [-0.2, 0) is 0 Å². The number of hydrogen-bond acceptors (Lipinski definition) is 1. The summed E-state index contributed by atoms with van der Waals surface area (Å²) in [5.41, 5.74) is 6.34. The van der Waals surface area contributed by atoms with E-state index in [-0.39, 0.29) is 18.0 Å². The van der Waals surface area contributed by atoms with Gasteiger partial charge in [-0.25, -0.2) is 8.78 Å². The van der Waals surface area contributed by atoms with Gasteiger partial charge < -0.3 is 5.73 Å². The van der Waals surface area contributed by atoms with E-state index in [0.717, 1.165) is 12.8 Å². The smallest absolute Gasteiger partial charge is 0.133 e. The number of hydrogen-bond donors (Lipinski definition) is 1. The van der Waals surface area contributed by atoms with Gasteiger partial charge in [-0.15, -0.1) is 12.4 Å². The molecule has 0 bridgehead atoms. The summed E-state index contributed by atoms with van der Waals surface area (Å²) in [5.74, 6) is -0.436. The van der Waals surface area contributed by atoms with E-state index < -0.39 is 17.7 Å². The summed E-state index contributed by atoms with van der Waals surface area (Å²) in [5, 5.41) is 0. The zero-order valence-electron chi connectivity index (χ0n) is 9.17. The molecule has 0 saturated heterocycles. The molecule has 1 aromatic carbocycles. The van der Waals surface area contributed by atoms with Crippen LogP contribution in [0.1, 0.15) is 36.4 Å². The first-order valence-electron chi connectivity index (χ1n) is 5.29. The molecule has 16 heavy (non-hydrogen) atoms. The van der Waals surface area contributed by atoms with Crippen molar-refractivity contribution in [2.45, 2.75) is 32.2 Å². The third-order valence-corrected chi connectivity index (χ3v) is 2.97. The first-order valence-corrected chi connectivity index (χ1v) is 5.29. The Morgan fingerprint density at radius 3 is 2.56 bits per heavy atom. The van der Waals surface area contributed by atoms with E-state index in [1.165, 1.54) is 12.1 Å². The van der Waals surface area contributed by atoms with Crippen molar-refractivity contribution in [2.75, 3.05) is 0 Å². The molecule has 1 saturated carbocycles. The van der Waals surface area contributed by atoms with Crippen LogP contribution in [0.15, 0.2) is 12.1 Å². The van der Waals surface area contributed by atoms with Crippen molar-refractivity contribution in [1.29, 1.82) is 0 Å². The molecule has 0 unspecified atom stereocenters. The minimum Gasteiger partial charge on any atom is -0.324 e. The van der Waals surface area contributed by atoms with Gasteiger partial charge >= 0.3 is 0 Å². The van der Waals surface area contributed by atoms with Crippen molar-refractivity contribution in [3.05, 3.63) is 34.9 Å². The Morgan fingerprint density at radius 2 is 2.00 bits per heavy atom. The van der Waals surface area contributed by atoms with Gasteiger partial charge in [0.05, 0.1) is 0 Å². The Hall–Kier alpha value is -0.670. The van der Waals surface area contributed by atoms with Gasteiger partial charge in [0.25, 0.3) is 0 Å². The van der Waals surface area contributed by atoms with Crippen molar-refractivity contribution < 1.29 is 8.78 Å². The summed E-state index contributed by atoms with van der Waals surface area (Å²) in [7, 11) is 0. The van der Waals surface area contributed by atoms with E-state index in [9.17, 15) is 8.78 Å². The zero-order valence-corrected chi connectivity index (χ0v) is 9.99. The molecule has 0 heterocycles. The average molecular weight is 248 g/mol. The van der Waals surface area contributed by atoms with Gasteiger partial charge in [0, 0.05) is 11.6 Å². The Kier molecular flexibility index (Phi) is 4.28. The lowest BCUT2D eigenvalue weighted by Crippen LogP contribution is -2.15. The van der Waals surface area contributed by atoms with E-state index in [1.807, 2.05) is 0 Å². The van der Waals surface area contributed by atoms with Crippen LogP contribution >= 0.6 is 12.4 Å². The van der Waals surface area contributed by atoms with Crippen LogP contribution in [0.3, 0.4) is 0 Å². The highest BCUT2D eigenvalue weighted by molar-refractivity contribution is 5.85. The molecule has 90 valence electrons. The molecular formula is C12H16ClF2N. The maximum Gasteiger partial charge on any atom is 0.133 e. The minimum atomic E-state index is -0.522. The van der Waals surface area contributed by atoms with Crippen LogP contribution in [0.25, 0.3) is 0 Å². The molecule has 0 aliphatic heterocycles. The van der Waals surface area contributed by atoms with Crippen molar-refractivity contribution in [3.63, 3.8) is 0 Å². The maximum atomic E-state index is 13.7. The summed E-state index contributed by atoms with van der Waals surface area (Å²) in [6.45, 7) is 1.63. The van der Waals surface area contributed by atoms with Gasteiger partial charge in [0.2, 0.25) is 0 Å². The van der Waals surface area contributed by atoms with E-state index in [1.54, 1.807) is 6.92 Å². The Morgan fingerprint density at radius 1 is 1.38 bits per heavy atom. The van der Waals surface area contributed by atoms with E-state index in [2.05, 4.69) is 0 Å². The largest absolute Gasteiger partial charge is 0.324 e. The highest BCUT2D eigenvalue weighted by Gasteiger charge is 2.27. The molecule has 1 aromatic rings.